The van der Waals surface area contributed by atoms with Gasteiger partial charge in [-0.05, 0) is 67.0 Å². The summed E-state index contributed by atoms with van der Waals surface area (Å²) in [5, 5.41) is 8.68. The average molecular weight is 359 g/mol. The largest absolute Gasteiger partial charge is 0.462 e. The zero-order chi connectivity index (χ0) is 15.8. The fourth-order valence-corrected chi connectivity index (χ4v) is 2.40. The number of hydrogen-bond acceptors (Lipinski definition) is 5. The van der Waals surface area contributed by atoms with Crippen LogP contribution in [-0.4, -0.2) is 43.3 Å². The minimum absolute atomic E-state index is 0.173. The van der Waals surface area contributed by atoms with Gasteiger partial charge in [0.1, 0.15) is 0 Å². The molecule has 3 N–H and O–H groups in total. The van der Waals surface area contributed by atoms with Crippen LogP contribution in [0.15, 0.2) is 16.6 Å². The number of nitrogens with two attached hydrogens (primary N) is 1. The molecule has 1 aromatic carbocycles. The number of nitrogens with zero attached hydrogens (tertiary/aromatic N) is 1. The summed E-state index contributed by atoms with van der Waals surface area (Å²) >= 11 is 3.38. The number of aliphatic hydroxyl groups is 1. The molecule has 0 aliphatic rings. The normalized spacial score (nSPS) is 10.9. The molecule has 5 nitrogen and oxygen atoms in total. The van der Waals surface area contributed by atoms with E-state index in [2.05, 4.69) is 15.9 Å². The molecule has 1 rings (SSSR count). The molecule has 6 heteroatoms. The van der Waals surface area contributed by atoms with Crippen molar-refractivity contribution in [2.24, 2.45) is 0 Å². The van der Waals surface area contributed by atoms with Crippen LogP contribution in [0.2, 0.25) is 0 Å². The van der Waals surface area contributed by atoms with E-state index in [9.17, 15) is 4.79 Å². The van der Waals surface area contributed by atoms with Crippen molar-refractivity contribution in [3.05, 3.63) is 27.7 Å². The zero-order valence-corrected chi connectivity index (χ0v) is 14.1. The smallest absolute Gasteiger partial charge is 0.338 e. The first kappa shape index (κ1) is 17.9. The fraction of sp³-hybridized carbons (Fsp3) is 0.533. The van der Waals surface area contributed by atoms with Crippen LogP contribution in [0.1, 0.15) is 35.2 Å². The van der Waals surface area contributed by atoms with Crippen LogP contribution in [-0.2, 0) is 11.3 Å². The van der Waals surface area contributed by atoms with Crippen molar-refractivity contribution in [1.82, 2.24) is 4.90 Å². The number of esters is 1. The van der Waals surface area contributed by atoms with E-state index in [1.165, 1.54) is 0 Å². The van der Waals surface area contributed by atoms with Gasteiger partial charge in [-0.15, -0.1) is 0 Å². The van der Waals surface area contributed by atoms with Gasteiger partial charge in [0.05, 0.1) is 17.9 Å². The van der Waals surface area contributed by atoms with Gasteiger partial charge < -0.3 is 20.5 Å². The van der Waals surface area contributed by atoms with Gasteiger partial charge >= 0.3 is 5.97 Å². The summed E-state index contributed by atoms with van der Waals surface area (Å²) in [5.74, 6) is -0.347. The van der Waals surface area contributed by atoms with E-state index in [-0.39, 0.29) is 12.6 Å². The maximum Gasteiger partial charge on any atom is 0.338 e. The highest BCUT2D eigenvalue weighted by molar-refractivity contribution is 9.10. The standard InChI is InChI=1S/C15H23BrN2O3/c1-18(2)10-12-8-11(9-13(16)14(12)17)15(20)21-7-5-3-4-6-19/h8-9,19H,3-7,10,17H2,1-2H3. The minimum atomic E-state index is -0.347. The number of rotatable bonds is 8. The lowest BCUT2D eigenvalue weighted by Gasteiger charge is -2.14. The Hall–Kier alpha value is -1.11. The number of aliphatic hydroxyl groups excluding tert-OH is 1. The summed E-state index contributed by atoms with van der Waals surface area (Å²) in [6.07, 6.45) is 2.34. The van der Waals surface area contributed by atoms with Gasteiger partial charge in [0, 0.05) is 17.6 Å². The molecule has 0 aromatic heterocycles. The fourth-order valence-electron chi connectivity index (χ4n) is 1.90. The minimum Gasteiger partial charge on any atom is -0.462 e. The third kappa shape index (κ3) is 6.03. The third-order valence-corrected chi connectivity index (χ3v) is 3.63. The Morgan fingerprint density at radius 1 is 1.33 bits per heavy atom. The number of halogens is 1. The maximum absolute atomic E-state index is 12.0. The topological polar surface area (TPSA) is 75.8 Å². The second kappa shape index (κ2) is 9.02. The van der Waals surface area contributed by atoms with Crippen LogP contribution >= 0.6 is 15.9 Å². The van der Waals surface area contributed by atoms with Crippen LogP contribution in [0.25, 0.3) is 0 Å². The summed E-state index contributed by atoms with van der Waals surface area (Å²) in [4.78, 5) is 14.0. The molecule has 0 radical (unpaired) electrons. The SMILES string of the molecule is CN(C)Cc1cc(C(=O)OCCCCCO)cc(Br)c1N. The summed E-state index contributed by atoms with van der Waals surface area (Å²) in [7, 11) is 3.89. The molecule has 0 unspecified atom stereocenters. The molecule has 0 aliphatic heterocycles. The molecule has 0 saturated carbocycles. The molecule has 0 amide bonds. The second-order valence-electron chi connectivity index (χ2n) is 5.19. The molecule has 0 saturated heterocycles. The Kier molecular flexibility index (Phi) is 7.71. The Labute approximate surface area is 134 Å². The number of anilines is 1. The van der Waals surface area contributed by atoms with Gasteiger partial charge in [-0.1, -0.05) is 0 Å². The van der Waals surface area contributed by atoms with Crippen molar-refractivity contribution in [2.75, 3.05) is 33.0 Å². The summed E-state index contributed by atoms with van der Waals surface area (Å²) < 4.78 is 5.94. The molecular weight excluding hydrogens is 336 g/mol. The lowest BCUT2D eigenvalue weighted by atomic mass is 10.1. The van der Waals surface area contributed by atoms with Gasteiger partial charge in [0.2, 0.25) is 0 Å². The molecule has 118 valence electrons. The molecular formula is C15H23BrN2O3. The predicted molar refractivity (Wildman–Crippen MR) is 87.2 cm³/mol. The van der Waals surface area contributed by atoms with E-state index >= 15 is 0 Å². The van der Waals surface area contributed by atoms with E-state index in [4.69, 9.17) is 15.6 Å². The highest BCUT2D eigenvalue weighted by atomic mass is 79.9. The van der Waals surface area contributed by atoms with Gasteiger partial charge in [-0.3, -0.25) is 0 Å². The summed E-state index contributed by atoms with van der Waals surface area (Å²) in [5.41, 5.74) is 8.03. The molecule has 0 fully saturated rings. The zero-order valence-electron chi connectivity index (χ0n) is 12.6. The van der Waals surface area contributed by atoms with E-state index in [0.29, 0.717) is 28.9 Å². The van der Waals surface area contributed by atoms with Crippen molar-refractivity contribution in [3.8, 4) is 0 Å². The maximum atomic E-state index is 12.0. The first-order chi connectivity index (χ1) is 9.95. The Bertz CT molecular complexity index is 478. The average Bonchev–Trinajstić information content (AvgIpc) is 2.42. The molecule has 1 aromatic rings. The molecule has 21 heavy (non-hydrogen) atoms. The highest BCUT2D eigenvalue weighted by Crippen LogP contribution is 2.26. The quantitative estimate of drug-likeness (QED) is 0.424. The molecule has 0 heterocycles. The lowest BCUT2D eigenvalue weighted by Crippen LogP contribution is -2.14. The van der Waals surface area contributed by atoms with Crippen LogP contribution in [0.3, 0.4) is 0 Å². The Balaban J connectivity index is 2.69. The second-order valence-corrected chi connectivity index (χ2v) is 6.04. The van der Waals surface area contributed by atoms with Crippen molar-refractivity contribution < 1.29 is 14.6 Å². The van der Waals surface area contributed by atoms with E-state index in [0.717, 1.165) is 24.8 Å². The Morgan fingerprint density at radius 3 is 2.67 bits per heavy atom. The number of ether oxygens (including phenoxy) is 1. The highest BCUT2D eigenvalue weighted by Gasteiger charge is 2.13. The lowest BCUT2D eigenvalue weighted by molar-refractivity contribution is 0.0496. The van der Waals surface area contributed by atoms with Crippen LogP contribution in [0.4, 0.5) is 5.69 Å². The van der Waals surface area contributed by atoms with E-state index < -0.39 is 0 Å². The van der Waals surface area contributed by atoms with Crippen LogP contribution < -0.4 is 5.73 Å². The van der Waals surface area contributed by atoms with Crippen molar-refractivity contribution in [1.29, 1.82) is 0 Å². The van der Waals surface area contributed by atoms with Crippen molar-refractivity contribution in [3.63, 3.8) is 0 Å². The number of unbranched alkanes of at least 4 members (excludes halogenated alkanes) is 2. The van der Waals surface area contributed by atoms with E-state index in [1.54, 1.807) is 12.1 Å². The van der Waals surface area contributed by atoms with Gasteiger partial charge in [-0.25, -0.2) is 4.79 Å². The van der Waals surface area contributed by atoms with Gasteiger partial charge in [0.15, 0.2) is 0 Å². The van der Waals surface area contributed by atoms with E-state index in [1.807, 2.05) is 19.0 Å². The first-order valence-corrected chi connectivity index (χ1v) is 7.75. The molecule has 0 spiro atoms. The number of nitrogen functional groups attached to an aromatic ring is 1. The number of carbonyl (C=O) groups is 1. The summed E-state index contributed by atoms with van der Waals surface area (Å²) in [6, 6.07) is 3.46. The van der Waals surface area contributed by atoms with Crippen molar-refractivity contribution >= 4 is 27.6 Å². The first-order valence-electron chi connectivity index (χ1n) is 6.96. The number of hydrogen-bond donors (Lipinski definition) is 2. The number of benzene rings is 1. The molecule has 0 atom stereocenters. The van der Waals surface area contributed by atoms with Crippen LogP contribution in [0.5, 0.6) is 0 Å². The summed E-state index contributed by atoms with van der Waals surface area (Å²) in [6.45, 7) is 1.19. The Morgan fingerprint density at radius 2 is 2.05 bits per heavy atom. The van der Waals surface area contributed by atoms with Gasteiger partial charge in [0.25, 0.3) is 0 Å². The van der Waals surface area contributed by atoms with Gasteiger partial charge in [-0.2, -0.15) is 0 Å². The van der Waals surface area contributed by atoms with Crippen LogP contribution in [0, 0.1) is 0 Å². The molecule has 0 aliphatic carbocycles. The number of carbonyl (C=O) groups excluding carboxylic acids is 1. The predicted octanol–water partition coefficient (Wildman–Crippen LogP) is 2.41. The third-order valence-electron chi connectivity index (χ3n) is 2.97. The molecule has 0 bridgehead atoms. The monoisotopic (exact) mass is 358 g/mol. The van der Waals surface area contributed by atoms with Crippen molar-refractivity contribution in [2.45, 2.75) is 25.8 Å².